The van der Waals surface area contributed by atoms with Gasteiger partial charge < -0.3 is 9.47 Å². The zero-order valence-electron chi connectivity index (χ0n) is 10.5. The molecule has 0 N–H and O–H groups in total. The number of hydrogen-bond donors (Lipinski definition) is 0. The number of nitriles is 1. The first-order valence-electron chi connectivity index (χ1n) is 6.04. The van der Waals surface area contributed by atoms with Gasteiger partial charge in [-0.1, -0.05) is 35.9 Å². The molecule has 0 amide bonds. The van der Waals surface area contributed by atoms with Crippen LogP contribution in [-0.2, 0) is 0 Å². The highest BCUT2D eigenvalue weighted by Crippen LogP contribution is 2.34. The number of nitrogens with zero attached hydrogens (tertiary/aromatic N) is 1. The molecule has 98 valence electrons. The van der Waals surface area contributed by atoms with E-state index in [0.717, 1.165) is 11.3 Å². The molecule has 2 aromatic rings. The SMILES string of the molecule is N#C/C(=C\c1ccc2c(c1)OCO2)c1ccccc1Cl. The van der Waals surface area contributed by atoms with Gasteiger partial charge in [-0.2, -0.15) is 5.26 Å². The Bertz CT molecular complexity index is 731. The second kappa shape index (κ2) is 5.28. The third-order valence-corrected chi connectivity index (χ3v) is 3.32. The predicted octanol–water partition coefficient (Wildman–Crippen LogP) is 4.13. The van der Waals surface area contributed by atoms with Crippen molar-refractivity contribution in [3.63, 3.8) is 0 Å². The van der Waals surface area contributed by atoms with Crippen LogP contribution in [-0.4, -0.2) is 6.79 Å². The molecule has 20 heavy (non-hydrogen) atoms. The van der Waals surface area contributed by atoms with Crippen LogP contribution < -0.4 is 9.47 Å². The zero-order valence-corrected chi connectivity index (χ0v) is 11.2. The van der Waals surface area contributed by atoms with Crippen molar-refractivity contribution in [2.45, 2.75) is 0 Å². The first-order valence-corrected chi connectivity index (χ1v) is 6.42. The highest BCUT2D eigenvalue weighted by molar-refractivity contribution is 6.32. The van der Waals surface area contributed by atoms with E-state index >= 15 is 0 Å². The molecular weight excluding hydrogens is 274 g/mol. The minimum Gasteiger partial charge on any atom is -0.454 e. The summed E-state index contributed by atoms with van der Waals surface area (Å²) < 4.78 is 10.6. The van der Waals surface area contributed by atoms with Crippen LogP contribution >= 0.6 is 11.6 Å². The van der Waals surface area contributed by atoms with Gasteiger partial charge in [0.1, 0.15) is 0 Å². The van der Waals surface area contributed by atoms with E-state index in [4.69, 9.17) is 21.1 Å². The number of rotatable bonds is 2. The van der Waals surface area contributed by atoms with Crippen LogP contribution in [0.25, 0.3) is 11.6 Å². The van der Waals surface area contributed by atoms with E-state index in [2.05, 4.69) is 6.07 Å². The van der Waals surface area contributed by atoms with Crippen LogP contribution in [0.5, 0.6) is 11.5 Å². The fourth-order valence-electron chi connectivity index (χ4n) is 2.02. The highest BCUT2D eigenvalue weighted by Gasteiger charge is 2.13. The van der Waals surface area contributed by atoms with Crippen molar-refractivity contribution in [2.24, 2.45) is 0 Å². The Morgan fingerprint density at radius 3 is 2.75 bits per heavy atom. The average molecular weight is 284 g/mol. The molecule has 1 aliphatic rings. The molecule has 1 heterocycles. The van der Waals surface area contributed by atoms with Crippen molar-refractivity contribution in [1.82, 2.24) is 0 Å². The Labute approximate surface area is 121 Å². The summed E-state index contributed by atoms with van der Waals surface area (Å²) in [6, 6.07) is 15.0. The standard InChI is InChI=1S/C16H10ClNO2/c17-14-4-2-1-3-13(14)12(9-18)7-11-5-6-15-16(8-11)20-10-19-15/h1-8H,10H2/b12-7+. The van der Waals surface area contributed by atoms with Crippen LogP contribution in [0, 0.1) is 11.3 Å². The van der Waals surface area contributed by atoms with E-state index in [1.807, 2.05) is 36.4 Å². The van der Waals surface area contributed by atoms with Gasteiger partial charge in [0.15, 0.2) is 11.5 Å². The number of hydrogen-bond acceptors (Lipinski definition) is 3. The summed E-state index contributed by atoms with van der Waals surface area (Å²) in [6.45, 7) is 0.234. The van der Waals surface area contributed by atoms with Crippen LogP contribution in [0.2, 0.25) is 5.02 Å². The molecule has 0 atom stereocenters. The highest BCUT2D eigenvalue weighted by atomic mass is 35.5. The Morgan fingerprint density at radius 2 is 1.95 bits per heavy atom. The Hall–Kier alpha value is -2.44. The van der Waals surface area contributed by atoms with Crippen LogP contribution in [0.15, 0.2) is 42.5 Å². The Balaban J connectivity index is 2.02. The van der Waals surface area contributed by atoms with Crippen molar-refractivity contribution in [3.05, 3.63) is 58.6 Å². The van der Waals surface area contributed by atoms with E-state index in [-0.39, 0.29) is 6.79 Å². The lowest BCUT2D eigenvalue weighted by Crippen LogP contribution is -1.92. The molecule has 1 aliphatic heterocycles. The minimum atomic E-state index is 0.234. The number of fused-ring (bicyclic) bond motifs is 1. The van der Waals surface area contributed by atoms with E-state index in [0.29, 0.717) is 21.9 Å². The van der Waals surface area contributed by atoms with Crippen molar-refractivity contribution in [1.29, 1.82) is 5.26 Å². The summed E-state index contributed by atoms with van der Waals surface area (Å²) >= 11 is 6.12. The maximum Gasteiger partial charge on any atom is 0.231 e. The van der Waals surface area contributed by atoms with Gasteiger partial charge in [0.05, 0.1) is 11.6 Å². The molecule has 3 nitrogen and oxygen atoms in total. The third kappa shape index (κ3) is 2.34. The van der Waals surface area contributed by atoms with Gasteiger partial charge in [0.2, 0.25) is 6.79 Å². The molecule has 0 spiro atoms. The lowest BCUT2D eigenvalue weighted by molar-refractivity contribution is 0.174. The van der Waals surface area contributed by atoms with Gasteiger partial charge in [-0.3, -0.25) is 0 Å². The van der Waals surface area contributed by atoms with Gasteiger partial charge in [-0.25, -0.2) is 0 Å². The maximum atomic E-state index is 9.33. The van der Waals surface area contributed by atoms with Gasteiger partial charge in [0.25, 0.3) is 0 Å². The quantitative estimate of drug-likeness (QED) is 0.615. The predicted molar refractivity (Wildman–Crippen MR) is 77.5 cm³/mol. The van der Waals surface area contributed by atoms with Crippen molar-refractivity contribution in [2.75, 3.05) is 6.79 Å². The molecule has 0 saturated carbocycles. The molecule has 0 fully saturated rings. The summed E-state index contributed by atoms with van der Waals surface area (Å²) in [5, 5.41) is 9.88. The van der Waals surface area contributed by atoms with Gasteiger partial charge in [0, 0.05) is 10.6 Å². The molecule has 0 saturated heterocycles. The lowest BCUT2D eigenvalue weighted by atomic mass is 10.0. The molecule has 2 aromatic carbocycles. The smallest absolute Gasteiger partial charge is 0.231 e. The van der Waals surface area contributed by atoms with E-state index in [1.54, 1.807) is 12.1 Å². The van der Waals surface area contributed by atoms with Gasteiger partial charge in [-0.05, 0) is 29.8 Å². The molecular formula is C16H10ClNO2. The van der Waals surface area contributed by atoms with Crippen LogP contribution in [0.1, 0.15) is 11.1 Å². The topological polar surface area (TPSA) is 42.2 Å². The lowest BCUT2D eigenvalue weighted by Gasteiger charge is -2.03. The summed E-state index contributed by atoms with van der Waals surface area (Å²) in [4.78, 5) is 0. The first-order chi connectivity index (χ1) is 9.78. The second-order valence-corrected chi connectivity index (χ2v) is 4.67. The number of halogens is 1. The van der Waals surface area contributed by atoms with E-state index in [9.17, 15) is 5.26 Å². The molecule has 0 bridgehead atoms. The van der Waals surface area contributed by atoms with Crippen LogP contribution in [0.4, 0.5) is 0 Å². The molecule has 0 radical (unpaired) electrons. The monoisotopic (exact) mass is 283 g/mol. The normalized spacial score (nSPS) is 13.1. The zero-order chi connectivity index (χ0) is 13.9. The molecule has 4 heteroatoms. The van der Waals surface area contributed by atoms with Crippen LogP contribution in [0.3, 0.4) is 0 Å². The summed E-state index contributed by atoms with van der Waals surface area (Å²) in [6.07, 6.45) is 1.78. The van der Waals surface area contributed by atoms with E-state index in [1.165, 1.54) is 0 Å². The third-order valence-electron chi connectivity index (χ3n) is 2.99. The minimum absolute atomic E-state index is 0.234. The van der Waals surface area contributed by atoms with E-state index < -0.39 is 0 Å². The average Bonchev–Trinajstić information content (AvgIpc) is 2.93. The Morgan fingerprint density at radius 1 is 1.15 bits per heavy atom. The fourth-order valence-corrected chi connectivity index (χ4v) is 2.26. The summed E-state index contributed by atoms with van der Waals surface area (Å²) in [7, 11) is 0. The largest absolute Gasteiger partial charge is 0.454 e. The number of allylic oxidation sites excluding steroid dienone is 1. The number of ether oxygens (including phenoxy) is 2. The molecule has 0 aromatic heterocycles. The second-order valence-electron chi connectivity index (χ2n) is 4.26. The fraction of sp³-hybridized carbons (Fsp3) is 0.0625. The summed E-state index contributed by atoms with van der Waals surface area (Å²) in [5.41, 5.74) is 2.09. The van der Waals surface area contributed by atoms with Gasteiger partial charge >= 0.3 is 0 Å². The Kier molecular flexibility index (Phi) is 3.32. The molecule has 3 rings (SSSR count). The summed E-state index contributed by atoms with van der Waals surface area (Å²) in [5.74, 6) is 1.41. The number of benzene rings is 2. The van der Waals surface area contributed by atoms with Crippen molar-refractivity contribution >= 4 is 23.3 Å². The first kappa shape index (κ1) is 12.6. The van der Waals surface area contributed by atoms with Crippen molar-refractivity contribution in [3.8, 4) is 17.6 Å². The van der Waals surface area contributed by atoms with Gasteiger partial charge in [-0.15, -0.1) is 0 Å². The van der Waals surface area contributed by atoms with Crippen molar-refractivity contribution < 1.29 is 9.47 Å². The maximum absolute atomic E-state index is 9.33. The molecule has 0 aliphatic carbocycles. The molecule has 0 unspecified atom stereocenters.